The zero-order valence-electron chi connectivity index (χ0n) is 37.1. The van der Waals surface area contributed by atoms with E-state index in [-0.39, 0.29) is 86.9 Å². The van der Waals surface area contributed by atoms with Gasteiger partial charge in [-0.25, -0.2) is 19.4 Å². The van der Waals surface area contributed by atoms with Gasteiger partial charge in [0.1, 0.15) is 33.7 Å². The van der Waals surface area contributed by atoms with E-state index in [1.54, 1.807) is 51.2 Å². The number of amides is 3. The number of nitrogens with one attached hydrogen (secondary N) is 3. The molecule has 4 aromatic rings. The summed E-state index contributed by atoms with van der Waals surface area (Å²) in [6, 6.07) is 13.4. The summed E-state index contributed by atoms with van der Waals surface area (Å²) >= 11 is 0. The lowest BCUT2D eigenvalue weighted by Gasteiger charge is -2.27. The van der Waals surface area contributed by atoms with Gasteiger partial charge in [-0.1, -0.05) is 66.7 Å². The summed E-state index contributed by atoms with van der Waals surface area (Å²) in [5.41, 5.74) is -0.342. The minimum atomic E-state index is -1.45. The third-order valence-electron chi connectivity index (χ3n) is 11.8. The molecule has 6 N–H and O–H groups in total. The van der Waals surface area contributed by atoms with Gasteiger partial charge in [-0.15, -0.1) is 0 Å². The first-order chi connectivity index (χ1) is 30.0. The molecule has 19 heteroatoms. The third kappa shape index (κ3) is 9.47. The van der Waals surface area contributed by atoms with Gasteiger partial charge in [-0.3, -0.25) is 24.4 Å². The Morgan fingerprint density at radius 2 is 1.11 bits per heavy atom. The first-order valence-corrected chi connectivity index (χ1v) is 20.4. The number of amidine groups is 3. The van der Waals surface area contributed by atoms with Crippen LogP contribution in [0.2, 0.25) is 0 Å². The van der Waals surface area contributed by atoms with Crippen molar-refractivity contribution in [2.75, 3.05) is 0 Å². The Bertz CT molecular complexity index is 2660. The number of benzene rings is 1. The van der Waals surface area contributed by atoms with Gasteiger partial charge in [0.2, 0.25) is 0 Å². The molecule has 7 rings (SSSR count). The molecule has 3 aromatic heterocycles. The molecule has 0 radical (unpaired) electrons. The van der Waals surface area contributed by atoms with E-state index in [1.807, 2.05) is 60.6 Å². The van der Waals surface area contributed by atoms with Gasteiger partial charge in [-0.05, 0) is 80.8 Å². The van der Waals surface area contributed by atoms with Crippen LogP contribution in [0.1, 0.15) is 113 Å². The number of ether oxygens (including phenoxy) is 1. The number of aromatic nitrogens is 3. The van der Waals surface area contributed by atoms with Crippen molar-refractivity contribution < 1.29 is 48.8 Å². The number of carboxylic acids is 2. The normalized spacial score (nSPS) is 21.2. The lowest BCUT2D eigenvalue weighted by molar-refractivity contribution is -0.124. The second kappa shape index (κ2) is 18.5. The van der Waals surface area contributed by atoms with E-state index in [0.29, 0.717) is 11.9 Å². The topological polar surface area (TPSA) is 284 Å². The molecule has 0 spiro atoms. The minimum absolute atomic E-state index is 0.00412. The number of para-hydroxylation sites is 1. The molecule has 0 saturated heterocycles. The number of aromatic carboxylic acids is 2. The Hall–Kier alpha value is -7.44. The maximum absolute atomic E-state index is 12.3. The summed E-state index contributed by atoms with van der Waals surface area (Å²) in [7, 11) is 0. The van der Waals surface area contributed by atoms with Gasteiger partial charge >= 0.3 is 18.1 Å². The van der Waals surface area contributed by atoms with Crippen LogP contribution in [-0.4, -0.2) is 100 Å². The van der Waals surface area contributed by atoms with E-state index in [4.69, 9.17) is 14.9 Å². The predicted octanol–water partition coefficient (Wildman–Crippen LogP) is 5.29. The smallest absolute Gasteiger partial charge is 0.478 e. The standard InChI is InChI=1S/C17H17N3O4.C15H19N3O3.C13H15N3O3/c1-9(2)17(3)15(21)19-14(20-17)13-12(24-16(22)23)8-10-6-4-5-7-11(10)18-13;1-5-9-6-10(13(19)20)11(16-7-9)12-17-14(21)15(4,18-12)8(2)3;1-7(2)13(3)12(19)15-10(16-13)9-8(11(17)18)5-4-6-14-9/h4-9H,1-3H3,(H,22,23)(H,19,20,21);6-8H,5H2,1-4H3,(H,19,20)(H,17,18,21);4-7H,1-3H3,(H,17,18)(H,15,16,19). The molecule has 6 heterocycles. The molecule has 0 saturated carbocycles. The Kier molecular flexibility index (Phi) is 13.8. The van der Waals surface area contributed by atoms with Crippen molar-refractivity contribution >= 4 is 64.2 Å². The molecule has 0 bridgehead atoms. The number of hydrogen-bond donors (Lipinski definition) is 6. The van der Waals surface area contributed by atoms with Gasteiger partial charge in [0.15, 0.2) is 23.3 Å². The highest BCUT2D eigenvalue weighted by atomic mass is 16.7. The first kappa shape index (κ1) is 47.6. The van der Waals surface area contributed by atoms with E-state index in [1.165, 1.54) is 18.3 Å². The number of fused-ring (bicyclic) bond motifs is 1. The monoisotopic (exact) mass is 877 g/mol. The van der Waals surface area contributed by atoms with Crippen molar-refractivity contribution in [3.8, 4) is 5.75 Å². The molecule has 3 amide bonds. The van der Waals surface area contributed by atoms with E-state index < -0.39 is 34.7 Å². The number of pyridine rings is 3. The summed E-state index contributed by atoms with van der Waals surface area (Å²) in [5.74, 6) is -2.35. The maximum atomic E-state index is 12.3. The predicted molar refractivity (Wildman–Crippen MR) is 236 cm³/mol. The Labute approximate surface area is 368 Å². The molecule has 64 heavy (non-hydrogen) atoms. The van der Waals surface area contributed by atoms with E-state index in [2.05, 4.69) is 45.9 Å². The van der Waals surface area contributed by atoms with E-state index in [9.17, 15) is 33.9 Å². The Balaban J connectivity index is 0.000000182. The largest absolute Gasteiger partial charge is 0.511 e. The fourth-order valence-corrected chi connectivity index (χ4v) is 6.40. The Morgan fingerprint density at radius 1 is 0.641 bits per heavy atom. The van der Waals surface area contributed by atoms with Crippen molar-refractivity contribution in [1.29, 1.82) is 0 Å². The van der Waals surface area contributed by atoms with Gasteiger partial charge in [-0.2, -0.15) is 15.0 Å². The number of hydrogen-bond acceptors (Lipinski definition) is 13. The molecule has 3 aliphatic rings. The van der Waals surface area contributed by atoms with Crippen LogP contribution in [0, 0.1) is 17.8 Å². The lowest BCUT2D eigenvalue weighted by Crippen LogP contribution is -2.50. The van der Waals surface area contributed by atoms with Gasteiger partial charge < -0.3 is 36.0 Å². The van der Waals surface area contributed by atoms with Crippen LogP contribution >= 0.6 is 0 Å². The molecule has 3 aliphatic heterocycles. The number of rotatable bonds is 10. The van der Waals surface area contributed by atoms with Crippen LogP contribution < -0.4 is 20.7 Å². The van der Waals surface area contributed by atoms with Gasteiger partial charge in [0.05, 0.1) is 16.6 Å². The highest BCUT2D eigenvalue weighted by Crippen LogP contribution is 2.30. The van der Waals surface area contributed by atoms with Crippen molar-refractivity contribution in [3.63, 3.8) is 0 Å². The van der Waals surface area contributed by atoms with Crippen LogP contribution in [0.3, 0.4) is 0 Å². The number of carbonyl (C=O) groups is 6. The molecular weight excluding hydrogens is 827 g/mol. The second-order valence-corrected chi connectivity index (χ2v) is 16.7. The number of carboxylic acid groups (broad SMARTS) is 3. The number of aryl methyl sites for hydroxylation is 1. The SMILES string of the molecule is CC(C)C1(C)NC(c2nc3ccccc3cc2OC(=O)O)=NC1=O.CC(C)C1(C)NC(c2ncccc2C(=O)O)=NC1=O.CCc1cnc(C2=NC(=O)C(C)(C(C)C)N2)c(C(=O)O)c1. The van der Waals surface area contributed by atoms with Crippen molar-refractivity contribution in [2.24, 2.45) is 32.7 Å². The molecule has 1 aromatic carbocycles. The number of aliphatic imine (C=N–C) groups is 3. The minimum Gasteiger partial charge on any atom is -0.478 e. The summed E-state index contributed by atoms with van der Waals surface area (Å²) < 4.78 is 4.85. The third-order valence-corrected chi connectivity index (χ3v) is 11.8. The molecule has 3 unspecified atom stereocenters. The van der Waals surface area contributed by atoms with Crippen LogP contribution in [0.15, 0.2) is 75.9 Å². The van der Waals surface area contributed by atoms with Gasteiger partial charge in [0, 0.05) is 17.8 Å². The molecule has 336 valence electrons. The Morgan fingerprint density at radius 3 is 1.55 bits per heavy atom. The molecule has 3 atom stereocenters. The molecule has 0 aliphatic carbocycles. The van der Waals surface area contributed by atoms with E-state index in [0.717, 1.165) is 10.9 Å². The molecule has 0 fully saturated rings. The van der Waals surface area contributed by atoms with Crippen molar-refractivity contribution in [2.45, 2.75) is 92.3 Å². The number of carbonyl (C=O) groups excluding carboxylic acids is 3. The fourth-order valence-electron chi connectivity index (χ4n) is 6.40. The maximum Gasteiger partial charge on any atom is 0.511 e. The number of nitrogens with zero attached hydrogens (tertiary/aromatic N) is 6. The van der Waals surface area contributed by atoms with Crippen molar-refractivity contribution in [3.05, 3.63) is 94.7 Å². The highest BCUT2D eigenvalue weighted by molar-refractivity contribution is 6.17. The quantitative estimate of drug-likeness (QED) is 0.110. The highest BCUT2D eigenvalue weighted by Gasteiger charge is 2.45. The molecular formula is C45H51N9O10. The van der Waals surface area contributed by atoms with E-state index >= 15 is 0 Å². The van der Waals surface area contributed by atoms with Crippen molar-refractivity contribution in [1.82, 2.24) is 30.9 Å². The lowest BCUT2D eigenvalue weighted by atomic mass is 9.88. The average Bonchev–Trinajstić information content (AvgIpc) is 3.86. The summed E-state index contributed by atoms with van der Waals surface area (Å²) in [5, 5.41) is 37.3. The van der Waals surface area contributed by atoms with Crippen LogP contribution in [0.5, 0.6) is 5.75 Å². The summed E-state index contributed by atoms with van der Waals surface area (Å²) in [6.45, 7) is 18.6. The average molecular weight is 878 g/mol. The zero-order chi connectivity index (χ0) is 47.5. The van der Waals surface area contributed by atoms with Crippen LogP contribution in [0.4, 0.5) is 4.79 Å². The molecule has 19 nitrogen and oxygen atoms in total. The zero-order valence-corrected chi connectivity index (χ0v) is 37.1. The fraction of sp³-hybridized carbons (Fsp3) is 0.378. The van der Waals surface area contributed by atoms with Crippen LogP contribution in [-0.2, 0) is 20.8 Å². The second-order valence-electron chi connectivity index (χ2n) is 16.7. The summed E-state index contributed by atoms with van der Waals surface area (Å²) in [6.07, 6.45) is 2.32. The van der Waals surface area contributed by atoms with Gasteiger partial charge in [0.25, 0.3) is 17.7 Å². The summed E-state index contributed by atoms with van der Waals surface area (Å²) in [4.78, 5) is 94.5. The first-order valence-electron chi connectivity index (χ1n) is 20.4. The van der Waals surface area contributed by atoms with Crippen LogP contribution in [0.25, 0.3) is 10.9 Å².